The highest BCUT2D eigenvalue weighted by atomic mass is 31.1. The van der Waals surface area contributed by atoms with E-state index >= 15 is 0 Å². The van der Waals surface area contributed by atoms with Crippen LogP contribution < -0.4 is 5.30 Å². The van der Waals surface area contributed by atoms with Gasteiger partial charge in [0.2, 0.25) is 0 Å². The van der Waals surface area contributed by atoms with E-state index in [-0.39, 0.29) is 23.6 Å². The molecule has 2 aliphatic rings. The first-order valence-electron chi connectivity index (χ1n) is 12.8. The molecule has 4 rings (SSSR count). The maximum Gasteiger partial charge on any atom is 0.416 e. The second kappa shape index (κ2) is 10.3. The molecule has 2 nitrogen and oxygen atoms in total. The molecule has 0 spiro atoms. The average molecular weight is 556 g/mol. The van der Waals surface area contributed by atoms with Crippen molar-refractivity contribution in [2.45, 2.75) is 78.7 Å². The van der Waals surface area contributed by atoms with Crippen molar-refractivity contribution in [3.63, 3.8) is 0 Å². The van der Waals surface area contributed by atoms with Gasteiger partial charge in [-0.1, -0.05) is 52.6 Å². The zero-order valence-electron chi connectivity index (χ0n) is 22.1. The molecule has 206 valence electrons. The third-order valence-corrected chi connectivity index (χ3v) is 9.32. The van der Waals surface area contributed by atoms with Gasteiger partial charge < -0.3 is 4.74 Å². The standard InChI is InChI=1S/C29H32F6NOP/c1-16(2)23-15-37-26(36-23)27(8-6-7-9-27)25(38-24-18(4)10-17(3)11-19(24)5)20-12-21(28(30,31)32)14-22(13-20)29(33,34)35/h10-14,16,23H,6-9,15H2,1-5H3/t23-/m1/s1. The summed E-state index contributed by atoms with van der Waals surface area (Å²) in [6, 6.07) is 5.80. The van der Waals surface area contributed by atoms with Crippen LogP contribution in [0.15, 0.2) is 35.3 Å². The third kappa shape index (κ3) is 5.66. The van der Waals surface area contributed by atoms with E-state index in [9.17, 15) is 26.3 Å². The highest BCUT2D eigenvalue weighted by Crippen LogP contribution is 2.48. The molecule has 0 amide bonds. The van der Waals surface area contributed by atoms with Gasteiger partial charge in [-0.15, -0.1) is 0 Å². The highest BCUT2D eigenvalue weighted by Gasteiger charge is 2.48. The minimum absolute atomic E-state index is 0.0608. The molecule has 2 aromatic carbocycles. The number of ether oxygens (including phenoxy) is 1. The van der Waals surface area contributed by atoms with Crippen molar-refractivity contribution >= 4 is 24.7 Å². The molecule has 0 bridgehead atoms. The van der Waals surface area contributed by atoms with Crippen molar-refractivity contribution in [2.75, 3.05) is 6.61 Å². The van der Waals surface area contributed by atoms with Gasteiger partial charge in [-0.25, -0.2) is 4.99 Å². The first-order valence-corrected chi connectivity index (χ1v) is 13.7. The van der Waals surface area contributed by atoms with Gasteiger partial charge in [0.05, 0.1) is 22.6 Å². The quantitative estimate of drug-likeness (QED) is 0.268. The van der Waals surface area contributed by atoms with Crippen LogP contribution in [0.3, 0.4) is 0 Å². The number of rotatable bonds is 5. The number of benzene rings is 2. The molecular weight excluding hydrogens is 523 g/mol. The molecule has 0 N–H and O–H groups in total. The van der Waals surface area contributed by atoms with Crippen LogP contribution >= 0.6 is 8.20 Å². The maximum absolute atomic E-state index is 13.9. The predicted molar refractivity (Wildman–Crippen MR) is 141 cm³/mol. The number of halogens is 6. The van der Waals surface area contributed by atoms with E-state index in [4.69, 9.17) is 9.73 Å². The largest absolute Gasteiger partial charge is 0.478 e. The molecule has 0 saturated heterocycles. The third-order valence-electron chi connectivity index (χ3n) is 7.48. The van der Waals surface area contributed by atoms with E-state index in [1.54, 1.807) is 0 Å². The second-order valence-corrected chi connectivity index (χ2v) is 12.0. The van der Waals surface area contributed by atoms with E-state index < -0.39 is 28.9 Å². The second-order valence-electron chi connectivity index (χ2n) is 10.8. The van der Waals surface area contributed by atoms with Crippen LogP contribution in [-0.2, 0) is 17.1 Å². The fourth-order valence-corrected chi connectivity index (χ4v) is 7.02. The summed E-state index contributed by atoms with van der Waals surface area (Å²) in [4.78, 5) is 4.86. The first kappa shape index (κ1) is 28.7. The zero-order valence-corrected chi connectivity index (χ0v) is 23.0. The van der Waals surface area contributed by atoms with E-state index in [0.29, 0.717) is 38.8 Å². The maximum atomic E-state index is 13.9. The Morgan fingerprint density at radius 3 is 1.87 bits per heavy atom. The number of hydrogen-bond acceptors (Lipinski definition) is 2. The molecule has 1 aliphatic carbocycles. The summed E-state index contributed by atoms with van der Waals surface area (Å²) < 4.78 is 89.4. The number of hydrogen-bond donors (Lipinski definition) is 0. The van der Waals surface area contributed by atoms with Crippen LogP contribution in [0.2, 0.25) is 0 Å². The SMILES string of the molecule is Cc1cc(C)c(P=C(c2cc(C(F)(F)F)cc(C(F)(F)F)c2)C2(C3=N[C@@H](C(C)C)CO3)CCCC2)c(C)c1. The van der Waals surface area contributed by atoms with Crippen molar-refractivity contribution in [3.8, 4) is 0 Å². The van der Waals surface area contributed by atoms with Gasteiger partial charge in [-0.3, -0.25) is 0 Å². The topological polar surface area (TPSA) is 21.6 Å². The molecule has 0 aromatic heterocycles. The van der Waals surface area contributed by atoms with E-state index in [0.717, 1.165) is 47.0 Å². The molecule has 2 aromatic rings. The van der Waals surface area contributed by atoms with Crippen LogP contribution in [0.5, 0.6) is 0 Å². The highest BCUT2D eigenvalue weighted by molar-refractivity contribution is 7.50. The van der Waals surface area contributed by atoms with Crippen LogP contribution in [-0.4, -0.2) is 23.8 Å². The van der Waals surface area contributed by atoms with Gasteiger partial charge in [0.1, 0.15) is 6.61 Å². The smallest absolute Gasteiger partial charge is 0.416 e. The summed E-state index contributed by atoms with van der Waals surface area (Å²) in [5.74, 6) is 0.642. The average Bonchev–Trinajstić information content (AvgIpc) is 3.48. The molecule has 1 heterocycles. The molecule has 0 unspecified atom stereocenters. The predicted octanol–water partition coefficient (Wildman–Crippen LogP) is 8.46. The van der Waals surface area contributed by atoms with Crippen molar-refractivity contribution in [1.29, 1.82) is 0 Å². The zero-order chi connectivity index (χ0) is 28.0. The minimum atomic E-state index is -4.93. The van der Waals surface area contributed by atoms with Gasteiger partial charge in [-0.05, 0) is 74.4 Å². The van der Waals surface area contributed by atoms with Gasteiger partial charge in [0.25, 0.3) is 0 Å². The lowest BCUT2D eigenvalue weighted by molar-refractivity contribution is -0.143. The molecule has 38 heavy (non-hydrogen) atoms. The number of aliphatic imine (C=N–C) groups is 1. The van der Waals surface area contributed by atoms with E-state index in [1.807, 2.05) is 46.8 Å². The summed E-state index contributed by atoms with van der Waals surface area (Å²) in [6.07, 6.45) is -7.18. The molecule has 9 heteroatoms. The lowest BCUT2D eigenvalue weighted by Gasteiger charge is -2.32. The molecule has 1 atom stereocenters. The molecule has 0 radical (unpaired) electrons. The fraction of sp³-hybridized carbons (Fsp3) is 0.517. The summed E-state index contributed by atoms with van der Waals surface area (Å²) in [5, 5.41) is 1.37. The Labute approximate surface area is 221 Å². The summed E-state index contributed by atoms with van der Waals surface area (Å²) in [5.41, 5.74) is -0.640. The minimum Gasteiger partial charge on any atom is -0.478 e. The molecule has 1 saturated carbocycles. The summed E-state index contributed by atoms with van der Waals surface area (Å²) in [6.45, 7) is 10.2. The molecular formula is C29H32F6NOP. The van der Waals surface area contributed by atoms with Crippen molar-refractivity contribution in [3.05, 3.63) is 63.7 Å². The Kier molecular flexibility index (Phi) is 7.79. The van der Waals surface area contributed by atoms with Crippen LogP contribution in [0.4, 0.5) is 26.3 Å². The van der Waals surface area contributed by atoms with Crippen LogP contribution in [0, 0.1) is 32.1 Å². The number of alkyl halides is 6. The Balaban J connectivity index is 2.05. The lowest BCUT2D eigenvalue weighted by atomic mass is 9.78. The number of aryl methyl sites for hydroxylation is 3. The van der Waals surface area contributed by atoms with Gasteiger partial charge in [0, 0.05) is 10.6 Å². The Bertz CT molecular complexity index is 1210. The van der Waals surface area contributed by atoms with E-state index in [1.165, 1.54) is 0 Å². The van der Waals surface area contributed by atoms with Crippen LogP contribution in [0.25, 0.3) is 0 Å². The first-order chi connectivity index (χ1) is 17.6. The summed E-state index contributed by atoms with van der Waals surface area (Å²) >= 11 is 0. The van der Waals surface area contributed by atoms with Crippen molar-refractivity contribution in [2.24, 2.45) is 16.3 Å². The van der Waals surface area contributed by atoms with Gasteiger partial charge in [0.15, 0.2) is 5.90 Å². The number of nitrogens with zero attached hydrogens (tertiary/aromatic N) is 1. The Morgan fingerprint density at radius 1 is 0.895 bits per heavy atom. The Hall–Kier alpha value is -2.34. The lowest BCUT2D eigenvalue weighted by Crippen LogP contribution is -2.38. The van der Waals surface area contributed by atoms with Crippen molar-refractivity contribution in [1.82, 2.24) is 0 Å². The van der Waals surface area contributed by atoms with Gasteiger partial charge in [-0.2, -0.15) is 26.3 Å². The van der Waals surface area contributed by atoms with Crippen LogP contribution in [0.1, 0.15) is 72.9 Å². The normalized spacial score (nSPS) is 20.2. The molecule has 1 fully saturated rings. The molecule has 1 aliphatic heterocycles. The Morgan fingerprint density at radius 2 is 1.42 bits per heavy atom. The fourth-order valence-electron chi connectivity index (χ4n) is 5.52. The monoisotopic (exact) mass is 555 g/mol. The van der Waals surface area contributed by atoms with Crippen molar-refractivity contribution < 1.29 is 31.1 Å². The van der Waals surface area contributed by atoms with E-state index in [2.05, 4.69) is 0 Å². The summed E-state index contributed by atoms with van der Waals surface area (Å²) in [7, 11) is 0.561. The van der Waals surface area contributed by atoms with Gasteiger partial charge >= 0.3 is 12.4 Å².